The van der Waals surface area contributed by atoms with Crippen LogP contribution in [0.15, 0.2) is 0 Å². The van der Waals surface area contributed by atoms with Crippen LogP contribution in [0.1, 0.15) is 26.2 Å². The first-order valence-electron chi connectivity index (χ1n) is 5.52. The van der Waals surface area contributed by atoms with E-state index in [2.05, 4.69) is 10.0 Å². The second kappa shape index (κ2) is 5.79. The van der Waals surface area contributed by atoms with Gasteiger partial charge >= 0.3 is 0 Å². The molecule has 0 aromatic rings. The van der Waals surface area contributed by atoms with Crippen LogP contribution in [0.3, 0.4) is 0 Å². The Morgan fingerprint density at radius 3 is 2.73 bits per heavy atom. The maximum Gasteiger partial charge on any atom is 0.279 e. The lowest BCUT2D eigenvalue weighted by Gasteiger charge is -2.24. The van der Waals surface area contributed by atoms with E-state index in [-0.39, 0.29) is 0 Å². The molecule has 1 aliphatic rings. The molecule has 0 bridgehead atoms. The molecule has 0 spiro atoms. The molecule has 0 amide bonds. The summed E-state index contributed by atoms with van der Waals surface area (Å²) in [5, 5.41) is 3.31. The van der Waals surface area contributed by atoms with Crippen LogP contribution in [-0.2, 0) is 10.2 Å². The summed E-state index contributed by atoms with van der Waals surface area (Å²) in [5.41, 5.74) is 0. The van der Waals surface area contributed by atoms with Gasteiger partial charge in [0, 0.05) is 26.2 Å². The highest BCUT2D eigenvalue weighted by molar-refractivity contribution is 7.87. The van der Waals surface area contributed by atoms with Crippen molar-refractivity contribution < 1.29 is 8.42 Å². The predicted octanol–water partition coefficient (Wildman–Crippen LogP) is -0.0854. The smallest absolute Gasteiger partial charge is 0.279 e. The van der Waals surface area contributed by atoms with Crippen molar-refractivity contribution in [3.63, 3.8) is 0 Å². The largest absolute Gasteiger partial charge is 0.313 e. The van der Waals surface area contributed by atoms with Crippen molar-refractivity contribution in [1.82, 2.24) is 14.3 Å². The van der Waals surface area contributed by atoms with Gasteiger partial charge in [-0.05, 0) is 25.8 Å². The molecule has 90 valence electrons. The second-order valence-corrected chi connectivity index (χ2v) is 5.74. The molecule has 1 aliphatic heterocycles. The third-order valence-corrected chi connectivity index (χ3v) is 4.18. The van der Waals surface area contributed by atoms with Crippen LogP contribution in [0.2, 0.25) is 0 Å². The molecule has 1 saturated heterocycles. The number of hydrogen-bond acceptors (Lipinski definition) is 3. The Bertz CT molecular complexity index is 273. The molecule has 0 radical (unpaired) electrons. The molecule has 2 N–H and O–H groups in total. The van der Waals surface area contributed by atoms with Crippen molar-refractivity contribution in [2.75, 3.05) is 26.7 Å². The minimum atomic E-state index is -3.27. The van der Waals surface area contributed by atoms with Gasteiger partial charge in [0.1, 0.15) is 0 Å². The number of rotatable bonds is 6. The maximum absolute atomic E-state index is 11.7. The first-order chi connectivity index (χ1) is 7.10. The standard InChI is InChI=1S/C9H21N3O2S/c1-3-7-12(15(13,14)10-2)8-9-5-4-6-11-9/h9-11H,3-8H2,1-2H3. The van der Waals surface area contributed by atoms with Gasteiger partial charge in [-0.15, -0.1) is 0 Å². The average molecular weight is 235 g/mol. The Morgan fingerprint density at radius 1 is 1.53 bits per heavy atom. The van der Waals surface area contributed by atoms with Gasteiger partial charge in [0.25, 0.3) is 10.2 Å². The molecule has 1 rings (SSSR count). The van der Waals surface area contributed by atoms with Crippen molar-refractivity contribution in [3.05, 3.63) is 0 Å². The molecule has 0 aromatic carbocycles. The summed E-state index contributed by atoms with van der Waals surface area (Å²) in [6.45, 7) is 4.16. The van der Waals surface area contributed by atoms with E-state index < -0.39 is 10.2 Å². The van der Waals surface area contributed by atoms with Gasteiger partial charge in [-0.3, -0.25) is 0 Å². The third kappa shape index (κ3) is 3.71. The van der Waals surface area contributed by atoms with E-state index in [1.165, 1.54) is 11.4 Å². The van der Waals surface area contributed by atoms with Gasteiger partial charge in [0.15, 0.2) is 0 Å². The predicted molar refractivity (Wildman–Crippen MR) is 60.9 cm³/mol. The molecular formula is C9H21N3O2S. The summed E-state index contributed by atoms with van der Waals surface area (Å²) in [6, 6.07) is 0.319. The van der Waals surface area contributed by atoms with Gasteiger partial charge in [0.2, 0.25) is 0 Å². The summed E-state index contributed by atoms with van der Waals surface area (Å²) in [5.74, 6) is 0. The summed E-state index contributed by atoms with van der Waals surface area (Å²) < 4.78 is 27.2. The molecular weight excluding hydrogens is 214 g/mol. The zero-order chi connectivity index (χ0) is 11.3. The fourth-order valence-corrected chi connectivity index (χ4v) is 2.90. The van der Waals surface area contributed by atoms with Crippen LogP contribution in [0.4, 0.5) is 0 Å². The van der Waals surface area contributed by atoms with E-state index in [1.807, 2.05) is 6.92 Å². The Balaban J connectivity index is 2.57. The summed E-state index contributed by atoms with van der Waals surface area (Å²) >= 11 is 0. The van der Waals surface area contributed by atoms with Crippen molar-refractivity contribution in [2.45, 2.75) is 32.2 Å². The highest BCUT2D eigenvalue weighted by atomic mass is 32.2. The van der Waals surface area contributed by atoms with E-state index in [9.17, 15) is 8.42 Å². The first kappa shape index (κ1) is 12.9. The van der Waals surface area contributed by atoms with Gasteiger partial charge in [-0.1, -0.05) is 6.92 Å². The number of nitrogens with zero attached hydrogens (tertiary/aromatic N) is 1. The van der Waals surface area contributed by atoms with Gasteiger partial charge in [-0.2, -0.15) is 12.7 Å². The van der Waals surface area contributed by atoms with Crippen molar-refractivity contribution >= 4 is 10.2 Å². The first-order valence-corrected chi connectivity index (χ1v) is 6.96. The molecule has 15 heavy (non-hydrogen) atoms. The normalized spacial score (nSPS) is 22.5. The maximum atomic E-state index is 11.7. The van der Waals surface area contributed by atoms with Crippen LogP contribution >= 0.6 is 0 Å². The van der Waals surface area contributed by atoms with Gasteiger partial charge < -0.3 is 5.32 Å². The lowest BCUT2D eigenvalue weighted by molar-refractivity contribution is 0.366. The van der Waals surface area contributed by atoms with Crippen LogP contribution in [0.25, 0.3) is 0 Å². The van der Waals surface area contributed by atoms with E-state index in [1.54, 1.807) is 0 Å². The fraction of sp³-hybridized carbons (Fsp3) is 1.00. The molecule has 1 heterocycles. The van der Waals surface area contributed by atoms with Crippen molar-refractivity contribution in [3.8, 4) is 0 Å². The van der Waals surface area contributed by atoms with E-state index >= 15 is 0 Å². The zero-order valence-corrected chi connectivity index (χ0v) is 10.3. The molecule has 0 aromatic heterocycles. The lowest BCUT2D eigenvalue weighted by Crippen LogP contribution is -2.45. The van der Waals surface area contributed by atoms with E-state index in [0.717, 1.165) is 25.8 Å². The molecule has 0 aliphatic carbocycles. The molecule has 5 nitrogen and oxygen atoms in total. The van der Waals surface area contributed by atoms with Crippen LogP contribution in [0.5, 0.6) is 0 Å². The van der Waals surface area contributed by atoms with Gasteiger partial charge in [0.05, 0.1) is 0 Å². The monoisotopic (exact) mass is 235 g/mol. The summed E-state index contributed by atoms with van der Waals surface area (Å²) in [6.07, 6.45) is 3.05. The van der Waals surface area contributed by atoms with Crippen LogP contribution in [-0.4, -0.2) is 45.4 Å². The number of nitrogens with one attached hydrogen (secondary N) is 2. The topological polar surface area (TPSA) is 61.4 Å². The van der Waals surface area contributed by atoms with E-state index in [0.29, 0.717) is 19.1 Å². The Hall–Kier alpha value is -0.170. The summed E-state index contributed by atoms with van der Waals surface area (Å²) in [4.78, 5) is 0. The molecule has 0 saturated carbocycles. The number of hydrogen-bond donors (Lipinski definition) is 2. The van der Waals surface area contributed by atoms with E-state index in [4.69, 9.17) is 0 Å². The zero-order valence-electron chi connectivity index (χ0n) is 9.49. The fourth-order valence-electron chi connectivity index (χ4n) is 1.85. The highest BCUT2D eigenvalue weighted by Crippen LogP contribution is 2.09. The van der Waals surface area contributed by atoms with Gasteiger partial charge in [-0.25, -0.2) is 4.72 Å². The lowest BCUT2D eigenvalue weighted by atomic mass is 10.2. The molecule has 1 fully saturated rings. The SMILES string of the molecule is CCCN(CC1CCCN1)S(=O)(=O)NC. The second-order valence-electron chi connectivity index (χ2n) is 3.86. The Morgan fingerprint density at radius 2 is 2.27 bits per heavy atom. The van der Waals surface area contributed by atoms with Crippen molar-refractivity contribution in [2.24, 2.45) is 0 Å². The summed E-state index contributed by atoms with van der Waals surface area (Å²) in [7, 11) is -1.81. The minimum Gasteiger partial charge on any atom is -0.313 e. The quantitative estimate of drug-likeness (QED) is 0.676. The van der Waals surface area contributed by atoms with Crippen molar-refractivity contribution in [1.29, 1.82) is 0 Å². The molecule has 6 heteroatoms. The minimum absolute atomic E-state index is 0.319. The van der Waals surface area contributed by atoms with Crippen LogP contribution in [0, 0.1) is 0 Å². The van der Waals surface area contributed by atoms with Crippen LogP contribution < -0.4 is 10.0 Å². The molecule has 1 atom stereocenters. The highest BCUT2D eigenvalue weighted by Gasteiger charge is 2.24. The average Bonchev–Trinajstić information content (AvgIpc) is 2.70. The third-order valence-electron chi connectivity index (χ3n) is 2.66. The Labute approximate surface area is 92.4 Å². The Kier molecular flexibility index (Phi) is 4.98. The molecule has 1 unspecified atom stereocenters.